The second kappa shape index (κ2) is 8.42. The van der Waals surface area contributed by atoms with E-state index in [1.165, 1.54) is 0 Å². The number of fused-ring (bicyclic) bond motifs is 1. The number of rotatable bonds is 4. The first kappa shape index (κ1) is 20.3. The summed E-state index contributed by atoms with van der Waals surface area (Å²) in [4.78, 5) is 21.7. The van der Waals surface area contributed by atoms with Crippen molar-refractivity contribution >= 4 is 16.9 Å². The molecule has 29 heavy (non-hydrogen) atoms. The van der Waals surface area contributed by atoms with Crippen LogP contribution < -0.4 is 0 Å². The van der Waals surface area contributed by atoms with Crippen LogP contribution in [0.2, 0.25) is 0 Å². The molecular weight excluding hydrogens is 368 g/mol. The second-order valence-corrected chi connectivity index (χ2v) is 8.57. The molecule has 1 amide bonds. The maximum Gasteiger partial charge on any atom is 0.254 e. The van der Waals surface area contributed by atoms with Crippen LogP contribution in [0.5, 0.6) is 0 Å². The van der Waals surface area contributed by atoms with Crippen molar-refractivity contribution in [3.05, 3.63) is 30.1 Å². The Kier molecular flexibility index (Phi) is 5.90. The summed E-state index contributed by atoms with van der Waals surface area (Å²) in [7, 11) is 1.81. The second-order valence-electron chi connectivity index (χ2n) is 8.57. The molecule has 4 rings (SSSR count). The van der Waals surface area contributed by atoms with Crippen molar-refractivity contribution in [2.45, 2.75) is 57.3 Å². The lowest BCUT2D eigenvalue weighted by Crippen LogP contribution is -2.58. The summed E-state index contributed by atoms with van der Waals surface area (Å²) in [6.45, 7) is 7.35. The van der Waals surface area contributed by atoms with Crippen LogP contribution >= 0.6 is 0 Å². The van der Waals surface area contributed by atoms with Crippen molar-refractivity contribution in [2.24, 2.45) is 0 Å². The van der Waals surface area contributed by atoms with Gasteiger partial charge < -0.3 is 19.3 Å². The highest BCUT2D eigenvalue weighted by atomic mass is 16.5. The van der Waals surface area contributed by atoms with Crippen molar-refractivity contribution in [1.29, 1.82) is 0 Å². The lowest BCUT2D eigenvalue weighted by molar-refractivity contribution is -0.0613. The van der Waals surface area contributed by atoms with Crippen LogP contribution in [-0.2, 0) is 4.74 Å². The summed E-state index contributed by atoms with van der Waals surface area (Å²) in [6, 6.07) is 5.94. The molecular formula is C22H32N4O3. The topological polar surface area (TPSA) is 70.8 Å². The van der Waals surface area contributed by atoms with Crippen molar-refractivity contribution in [1.82, 2.24) is 19.4 Å². The monoisotopic (exact) mass is 400 g/mol. The number of carbonyl (C=O) groups excluding carboxylic acids is 1. The predicted molar refractivity (Wildman–Crippen MR) is 112 cm³/mol. The molecule has 0 unspecified atom stereocenters. The Hall–Kier alpha value is -1.96. The number of morpholine rings is 1. The minimum Gasteiger partial charge on any atom is -0.389 e. The first-order valence-corrected chi connectivity index (χ1v) is 10.7. The molecule has 1 aromatic carbocycles. The van der Waals surface area contributed by atoms with E-state index in [9.17, 15) is 9.90 Å². The van der Waals surface area contributed by atoms with Gasteiger partial charge in [0.05, 0.1) is 42.7 Å². The number of nitrogens with zero attached hydrogens (tertiary/aromatic N) is 4. The highest BCUT2D eigenvalue weighted by molar-refractivity contribution is 5.97. The molecule has 1 saturated carbocycles. The van der Waals surface area contributed by atoms with E-state index in [2.05, 4.69) is 28.3 Å². The summed E-state index contributed by atoms with van der Waals surface area (Å²) in [6.07, 6.45) is 4.09. The Bertz CT molecular complexity index is 859. The molecule has 1 saturated heterocycles. The molecule has 7 nitrogen and oxygen atoms in total. The van der Waals surface area contributed by atoms with E-state index in [1.54, 1.807) is 4.90 Å². The van der Waals surface area contributed by atoms with E-state index in [1.807, 2.05) is 31.6 Å². The van der Waals surface area contributed by atoms with Gasteiger partial charge in [-0.05, 0) is 51.3 Å². The van der Waals surface area contributed by atoms with E-state index in [0.717, 1.165) is 43.4 Å². The van der Waals surface area contributed by atoms with Gasteiger partial charge in [0.15, 0.2) is 0 Å². The first-order chi connectivity index (χ1) is 14.0. The highest BCUT2D eigenvalue weighted by Crippen LogP contribution is 2.28. The molecule has 2 heterocycles. The number of aliphatic hydroxyl groups is 1. The SMILES string of the molecule is CC(C)n1cnc2cc(C(=O)N(C)[C@@H]3CCC[C@@H](N4CCOCC4)[C@@H]3O)ccc21. The zero-order valence-corrected chi connectivity index (χ0v) is 17.6. The smallest absolute Gasteiger partial charge is 0.254 e. The Morgan fingerprint density at radius 1 is 1.28 bits per heavy atom. The number of benzene rings is 1. The number of amides is 1. The van der Waals surface area contributed by atoms with Crippen molar-refractivity contribution in [3.8, 4) is 0 Å². The van der Waals surface area contributed by atoms with Crippen LogP contribution in [-0.4, -0.2) is 81.9 Å². The maximum atomic E-state index is 13.2. The number of hydrogen-bond acceptors (Lipinski definition) is 5. The highest BCUT2D eigenvalue weighted by Gasteiger charge is 2.39. The van der Waals surface area contributed by atoms with E-state index in [4.69, 9.17) is 4.74 Å². The zero-order valence-electron chi connectivity index (χ0n) is 17.6. The van der Waals surface area contributed by atoms with Crippen LogP contribution in [0.15, 0.2) is 24.5 Å². The van der Waals surface area contributed by atoms with E-state index < -0.39 is 6.10 Å². The normalized spacial score (nSPS) is 26.2. The van der Waals surface area contributed by atoms with Crippen LogP contribution in [0, 0.1) is 0 Å². The molecule has 2 fully saturated rings. The maximum absolute atomic E-state index is 13.2. The molecule has 7 heteroatoms. The number of likely N-dealkylation sites (N-methyl/N-ethyl adjacent to an activating group) is 1. The number of ether oxygens (including phenoxy) is 1. The van der Waals surface area contributed by atoms with Crippen LogP contribution in [0.4, 0.5) is 0 Å². The fraction of sp³-hybridized carbons (Fsp3) is 0.636. The molecule has 1 N–H and O–H groups in total. The van der Waals surface area contributed by atoms with Gasteiger partial charge in [-0.25, -0.2) is 4.98 Å². The third-order valence-corrected chi connectivity index (χ3v) is 6.50. The molecule has 1 aliphatic heterocycles. The largest absolute Gasteiger partial charge is 0.389 e. The minimum atomic E-state index is -0.542. The summed E-state index contributed by atoms with van der Waals surface area (Å²) >= 11 is 0. The number of carbonyl (C=O) groups is 1. The van der Waals surface area contributed by atoms with Gasteiger partial charge in [0.25, 0.3) is 5.91 Å². The van der Waals surface area contributed by atoms with Gasteiger partial charge in [0.2, 0.25) is 0 Å². The van der Waals surface area contributed by atoms with E-state index in [0.29, 0.717) is 24.8 Å². The van der Waals surface area contributed by atoms with Gasteiger partial charge in [-0.15, -0.1) is 0 Å². The summed E-state index contributed by atoms with van der Waals surface area (Å²) in [5.41, 5.74) is 2.48. The van der Waals surface area contributed by atoms with Gasteiger partial charge >= 0.3 is 0 Å². The third-order valence-electron chi connectivity index (χ3n) is 6.50. The Labute approximate surface area is 172 Å². The predicted octanol–water partition coefficient (Wildman–Crippen LogP) is 2.30. The van der Waals surface area contributed by atoms with Crippen LogP contribution in [0.3, 0.4) is 0 Å². The lowest BCUT2D eigenvalue weighted by Gasteiger charge is -2.45. The first-order valence-electron chi connectivity index (χ1n) is 10.7. The fourth-order valence-electron chi connectivity index (χ4n) is 4.80. The average Bonchev–Trinajstić information content (AvgIpc) is 3.17. The number of aliphatic hydroxyl groups excluding tert-OH is 1. The van der Waals surface area contributed by atoms with Gasteiger partial charge in [-0.3, -0.25) is 9.69 Å². The fourth-order valence-corrected chi connectivity index (χ4v) is 4.80. The summed E-state index contributed by atoms with van der Waals surface area (Å²) < 4.78 is 7.55. The van der Waals surface area contributed by atoms with Crippen molar-refractivity contribution < 1.29 is 14.6 Å². The summed E-state index contributed by atoms with van der Waals surface area (Å²) in [5, 5.41) is 11.1. The van der Waals surface area contributed by atoms with E-state index >= 15 is 0 Å². The lowest BCUT2D eigenvalue weighted by atomic mass is 9.86. The molecule has 1 aromatic heterocycles. The van der Waals surface area contributed by atoms with Crippen molar-refractivity contribution in [2.75, 3.05) is 33.4 Å². The Morgan fingerprint density at radius 2 is 2.03 bits per heavy atom. The molecule has 3 atom stereocenters. The Morgan fingerprint density at radius 3 is 2.76 bits per heavy atom. The molecule has 2 aliphatic rings. The number of imidazole rings is 1. The number of hydrogen-bond donors (Lipinski definition) is 1. The van der Waals surface area contributed by atoms with E-state index in [-0.39, 0.29) is 18.0 Å². The van der Waals surface area contributed by atoms with Gasteiger partial charge in [-0.2, -0.15) is 0 Å². The molecule has 158 valence electrons. The summed E-state index contributed by atoms with van der Waals surface area (Å²) in [5.74, 6) is -0.0577. The quantitative estimate of drug-likeness (QED) is 0.853. The zero-order chi connectivity index (χ0) is 20.5. The molecule has 2 aromatic rings. The standard InChI is InChI=1S/C22H32N4O3/c1-15(2)26-14-23-17-13-16(7-8-18(17)26)22(28)24(3)19-5-4-6-20(21(19)27)25-9-11-29-12-10-25/h7-8,13-15,19-21,27H,4-6,9-12H2,1-3H3/t19-,20-,21-/m1/s1. The minimum absolute atomic E-state index is 0.0577. The molecule has 0 bridgehead atoms. The molecule has 1 aliphatic carbocycles. The Balaban J connectivity index is 1.51. The van der Waals surface area contributed by atoms with Crippen LogP contribution in [0.1, 0.15) is 49.5 Å². The van der Waals surface area contributed by atoms with Gasteiger partial charge in [0.1, 0.15) is 0 Å². The number of aromatic nitrogens is 2. The molecule has 0 spiro atoms. The third kappa shape index (κ3) is 3.91. The molecule has 0 radical (unpaired) electrons. The van der Waals surface area contributed by atoms with Crippen molar-refractivity contribution in [3.63, 3.8) is 0 Å². The van der Waals surface area contributed by atoms with Crippen LogP contribution in [0.25, 0.3) is 11.0 Å². The van der Waals surface area contributed by atoms with Gasteiger partial charge in [0, 0.05) is 37.8 Å². The van der Waals surface area contributed by atoms with Gasteiger partial charge in [-0.1, -0.05) is 0 Å². The average molecular weight is 401 g/mol.